The molecule has 0 fully saturated rings. The SMILES string of the molecule is Cc1nc(N)sc1S(=O)(=O)NN(C)C. The number of aromatic nitrogens is 1. The van der Waals surface area contributed by atoms with Crippen LogP contribution in [0.25, 0.3) is 0 Å². The Kier molecular flexibility index (Phi) is 3.10. The van der Waals surface area contributed by atoms with Gasteiger partial charge in [-0.15, -0.1) is 4.83 Å². The zero-order chi connectivity index (χ0) is 10.9. The smallest absolute Gasteiger partial charge is 0.264 e. The molecule has 0 bridgehead atoms. The van der Waals surface area contributed by atoms with Gasteiger partial charge in [-0.2, -0.15) is 0 Å². The zero-order valence-electron chi connectivity index (χ0n) is 8.10. The average molecular weight is 236 g/mol. The standard InChI is InChI=1S/C6H12N4O2S2/c1-4-5(13-6(7)8-4)14(11,12)9-10(2)3/h9H,1-3H3,(H2,7,8). The Balaban J connectivity index is 3.10. The molecule has 0 aliphatic rings. The van der Waals surface area contributed by atoms with Gasteiger partial charge in [-0.3, -0.25) is 0 Å². The van der Waals surface area contributed by atoms with Crippen LogP contribution in [0.15, 0.2) is 4.21 Å². The van der Waals surface area contributed by atoms with Gasteiger partial charge in [-0.1, -0.05) is 11.3 Å². The number of aryl methyl sites for hydroxylation is 1. The zero-order valence-corrected chi connectivity index (χ0v) is 9.74. The molecule has 80 valence electrons. The van der Waals surface area contributed by atoms with Crippen molar-refractivity contribution in [1.29, 1.82) is 0 Å². The predicted octanol–water partition coefficient (Wildman–Crippen LogP) is -0.211. The van der Waals surface area contributed by atoms with Gasteiger partial charge in [0.15, 0.2) is 9.34 Å². The summed E-state index contributed by atoms with van der Waals surface area (Å²) < 4.78 is 23.4. The fourth-order valence-corrected chi connectivity index (χ4v) is 3.30. The third-order valence-electron chi connectivity index (χ3n) is 1.32. The van der Waals surface area contributed by atoms with E-state index >= 15 is 0 Å². The number of rotatable bonds is 3. The van der Waals surface area contributed by atoms with Gasteiger partial charge in [0.05, 0.1) is 5.69 Å². The van der Waals surface area contributed by atoms with Crippen LogP contribution < -0.4 is 10.6 Å². The average Bonchev–Trinajstić information content (AvgIpc) is 2.27. The van der Waals surface area contributed by atoms with Crippen LogP contribution in [0.1, 0.15) is 5.69 Å². The van der Waals surface area contributed by atoms with Crippen molar-refractivity contribution < 1.29 is 8.42 Å². The quantitative estimate of drug-likeness (QED) is 0.709. The number of nitrogen functional groups attached to an aromatic ring is 1. The van der Waals surface area contributed by atoms with Crippen LogP contribution in [0.2, 0.25) is 0 Å². The van der Waals surface area contributed by atoms with Gasteiger partial charge in [0.25, 0.3) is 10.0 Å². The third-order valence-corrected chi connectivity index (χ3v) is 4.40. The maximum Gasteiger partial charge on any atom is 0.264 e. The van der Waals surface area contributed by atoms with E-state index in [9.17, 15) is 8.42 Å². The molecule has 14 heavy (non-hydrogen) atoms. The number of nitrogens with zero attached hydrogens (tertiary/aromatic N) is 2. The van der Waals surface area contributed by atoms with Crippen LogP contribution in [0.4, 0.5) is 5.13 Å². The van der Waals surface area contributed by atoms with Crippen LogP contribution in [0.5, 0.6) is 0 Å². The summed E-state index contributed by atoms with van der Waals surface area (Å²) in [5.41, 5.74) is 5.83. The van der Waals surface area contributed by atoms with E-state index in [0.717, 1.165) is 11.3 Å². The summed E-state index contributed by atoms with van der Waals surface area (Å²) in [4.78, 5) is 6.15. The molecule has 8 heteroatoms. The summed E-state index contributed by atoms with van der Waals surface area (Å²) in [6.45, 7) is 1.61. The normalized spacial score (nSPS) is 12.3. The second-order valence-corrected chi connectivity index (χ2v) is 5.80. The van der Waals surface area contributed by atoms with E-state index in [2.05, 4.69) is 9.82 Å². The minimum Gasteiger partial charge on any atom is -0.375 e. The molecule has 0 radical (unpaired) electrons. The molecular weight excluding hydrogens is 224 g/mol. The fraction of sp³-hybridized carbons (Fsp3) is 0.500. The van der Waals surface area contributed by atoms with Crippen LogP contribution >= 0.6 is 11.3 Å². The van der Waals surface area contributed by atoms with Crippen molar-refractivity contribution in [1.82, 2.24) is 14.8 Å². The topological polar surface area (TPSA) is 88.3 Å². The van der Waals surface area contributed by atoms with Gasteiger partial charge in [-0.05, 0) is 6.92 Å². The summed E-state index contributed by atoms with van der Waals surface area (Å²) in [5, 5.41) is 1.60. The highest BCUT2D eigenvalue weighted by molar-refractivity contribution is 7.91. The van der Waals surface area contributed by atoms with E-state index in [0.29, 0.717) is 5.69 Å². The monoisotopic (exact) mass is 236 g/mol. The molecule has 0 saturated carbocycles. The Labute approximate surface area is 86.8 Å². The maximum atomic E-state index is 11.6. The molecule has 0 amide bonds. The molecule has 0 unspecified atom stereocenters. The molecule has 0 atom stereocenters. The predicted molar refractivity (Wildman–Crippen MR) is 55.3 cm³/mol. The lowest BCUT2D eigenvalue weighted by Gasteiger charge is -2.10. The Bertz CT molecular complexity index is 423. The fourth-order valence-electron chi connectivity index (χ4n) is 0.934. The van der Waals surface area contributed by atoms with Crippen molar-refractivity contribution in [3.05, 3.63) is 5.69 Å². The van der Waals surface area contributed by atoms with Gasteiger partial charge in [0.2, 0.25) is 0 Å². The number of hydrogen-bond donors (Lipinski definition) is 2. The molecule has 1 rings (SSSR count). The molecule has 1 heterocycles. The van der Waals surface area contributed by atoms with Crippen molar-refractivity contribution in [2.45, 2.75) is 11.1 Å². The Morgan fingerprint density at radius 3 is 2.43 bits per heavy atom. The van der Waals surface area contributed by atoms with Crippen LogP contribution in [0, 0.1) is 6.92 Å². The van der Waals surface area contributed by atoms with Gasteiger partial charge >= 0.3 is 0 Å². The lowest BCUT2D eigenvalue weighted by Crippen LogP contribution is -2.35. The van der Waals surface area contributed by atoms with Gasteiger partial charge in [-0.25, -0.2) is 18.4 Å². The minimum absolute atomic E-state index is 0.156. The highest BCUT2D eigenvalue weighted by Gasteiger charge is 2.21. The largest absolute Gasteiger partial charge is 0.375 e. The molecular formula is C6H12N4O2S2. The highest BCUT2D eigenvalue weighted by Crippen LogP contribution is 2.24. The molecule has 0 aliphatic heterocycles. The van der Waals surface area contributed by atoms with Crippen molar-refractivity contribution in [2.24, 2.45) is 0 Å². The number of anilines is 1. The van der Waals surface area contributed by atoms with Crippen molar-refractivity contribution >= 4 is 26.5 Å². The van der Waals surface area contributed by atoms with Crippen LogP contribution in [0.3, 0.4) is 0 Å². The van der Waals surface area contributed by atoms with Gasteiger partial charge in [0.1, 0.15) is 0 Å². The molecule has 1 aromatic rings. The number of nitrogens with two attached hydrogens (primary N) is 1. The Morgan fingerprint density at radius 2 is 2.07 bits per heavy atom. The first kappa shape index (κ1) is 11.4. The molecule has 1 aromatic heterocycles. The van der Waals surface area contributed by atoms with Crippen LogP contribution in [-0.2, 0) is 10.0 Å². The molecule has 3 N–H and O–H groups in total. The summed E-state index contributed by atoms with van der Waals surface area (Å²) in [6, 6.07) is 0. The van der Waals surface area contributed by atoms with Gasteiger partial charge in [0, 0.05) is 14.1 Å². The van der Waals surface area contributed by atoms with Crippen molar-refractivity contribution in [2.75, 3.05) is 19.8 Å². The van der Waals surface area contributed by atoms with E-state index < -0.39 is 10.0 Å². The summed E-state index contributed by atoms with van der Waals surface area (Å²) >= 11 is 0.953. The van der Waals surface area contributed by atoms with E-state index in [1.165, 1.54) is 5.01 Å². The summed E-state index contributed by atoms with van der Waals surface area (Å²) in [6.07, 6.45) is 0. The first-order valence-corrected chi connectivity index (χ1v) is 6.05. The van der Waals surface area contributed by atoms with Crippen LogP contribution in [-0.4, -0.2) is 32.5 Å². The second kappa shape index (κ2) is 3.81. The molecule has 0 spiro atoms. The molecule has 0 aromatic carbocycles. The van der Waals surface area contributed by atoms with E-state index in [4.69, 9.17) is 5.73 Å². The minimum atomic E-state index is -3.52. The number of hydrogen-bond acceptors (Lipinski definition) is 6. The number of nitrogens with one attached hydrogen (secondary N) is 1. The number of sulfonamides is 1. The van der Waals surface area contributed by atoms with Gasteiger partial charge < -0.3 is 5.73 Å². The summed E-state index contributed by atoms with van der Waals surface area (Å²) in [7, 11) is -0.328. The van der Waals surface area contributed by atoms with E-state index in [1.807, 2.05) is 0 Å². The summed E-state index contributed by atoms with van der Waals surface area (Å²) in [5.74, 6) is 0. The lowest BCUT2D eigenvalue weighted by molar-refractivity contribution is 0.364. The molecule has 0 saturated heterocycles. The van der Waals surface area contributed by atoms with E-state index in [-0.39, 0.29) is 9.34 Å². The molecule has 6 nitrogen and oxygen atoms in total. The number of thiazole rings is 1. The molecule has 0 aliphatic carbocycles. The lowest BCUT2D eigenvalue weighted by atomic mass is 10.6. The highest BCUT2D eigenvalue weighted by atomic mass is 32.2. The first-order chi connectivity index (χ1) is 6.33. The van der Waals surface area contributed by atoms with Crippen molar-refractivity contribution in [3.8, 4) is 0 Å². The maximum absolute atomic E-state index is 11.6. The van der Waals surface area contributed by atoms with Crippen molar-refractivity contribution in [3.63, 3.8) is 0 Å². The number of hydrazine groups is 1. The van der Waals surface area contributed by atoms with E-state index in [1.54, 1.807) is 21.0 Å². The Morgan fingerprint density at radius 1 is 1.50 bits per heavy atom. The Hall–Kier alpha value is -0.700. The second-order valence-electron chi connectivity index (χ2n) is 2.91. The third kappa shape index (κ3) is 2.41. The first-order valence-electron chi connectivity index (χ1n) is 3.75.